The molecule has 0 saturated heterocycles. The lowest BCUT2D eigenvalue weighted by molar-refractivity contribution is 0.281. The van der Waals surface area contributed by atoms with Gasteiger partial charge in [-0.2, -0.15) is 0 Å². The smallest absolute Gasteiger partial charge is 0.0908 e. The van der Waals surface area contributed by atoms with Gasteiger partial charge in [0.05, 0.1) is 25.4 Å². The average molecular weight is 138 g/mol. The molecular formula is C8H10O2. The number of hydrogen-bond acceptors (Lipinski definition) is 2. The molecule has 0 unspecified atom stereocenters. The summed E-state index contributed by atoms with van der Waals surface area (Å²) < 4.78 is 9.35. The monoisotopic (exact) mass is 138 g/mol. The Morgan fingerprint density at radius 3 is 2.10 bits per heavy atom. The van der Waals surface area contributed by atoms with E-state index in [0.29, 0.717) is 0 Å². The van der Waals surface area contributed by atoms with E-state index in [1.165, 1.54) is 0 Å². The summed E-state index contributed by atoms with van der Waals surface area (Å²) in [6.07, 6.45) is 8.10. The number of ether oxygens (including phenoxy) is 1. The third-order valence-electron chi connectivity index (χ3n) is 1.02. The maximum absolute atomic E-state index is 4.76. The van der Waals surface area contributed by atoms with Gasteiger partial charge in [0, 0.05) is 6.42 Å². The molecule has 0 atom stereocenters. The van der Waals surface area contributed by atoms with E-state index in [1.807, 2.05) is 18.2 Å². The first kappa shape index (κ1) is 6.93. The zero-order valence-corrected chi connectivity index (χ0v) is 5.69. The van der Waals surface area contributed by atoms with Crippen molar-refractivity contribution in [1.29, 1.82) is 0 Å². The van der Waals surface area contributed by atoms with E-state index in [2.05, 4.69) is 4.42 Å². The fourth-order valence-corrected chi connectivity index (χ4v) is 0.567. The lowest BCUT2D eigenvalue weighted by Gasteiger charge is -1.79. The molecule has 0 fully saturated rings. The van der Waals surface area contributed by atoms with Gasteiger partial charge in [-0.1, -0.05) is 0 Å². The quantitative estimate of drug-likeness (QED) is 0.548. The minimum Gasteiger partial charge on any atom is -0.501 e. The number of furan rings is 1. The van der Waals surface area contributed by atoms with Crippen LogP contribution in [0.4, 0.5) is 0 Å². The molecule has 0 radical (unpaired) electrons. The van der Waals surface area contributed by atoms with Crippen molar-refractivity contribution >= 4 is 0 Å². The van der Waals surface area contributed by atoms with E-state index in [4.69, 9.17) is 4.74 Å². The summed E-state index contributed by atoms with van der Waals surface area (Å²) in [5.74, 6) is 0. The Kier molecular flexibility index (Phi) is 3.24. The summed E-state index contributed by atoms with van der Waals surface area (Å²) in [5, 5.41) is 0. The molecule has 1 aromatic heterocycles. The Bertz CT molecular complexity index is 142. The summed E-state index contributed by atoms with van der Waals surface area (Å²) in [6, 6.07) is 3.67. The van der Waals surface area contributed by atoms with E-state index in [9.17, 15) is 0 Å². The Morgan fingerprint density at radius 1 is 1.10 bits per heavy atom. The second-order valence-electron chi connectivity index (χ2n) is 1.82. The van der Waals surface area contributed by atoms with Gasteiger partial charge in [0.2, 0.25) is 0 Å². The van der Waals surface area contributed by atoms with Crippen molar-refractivity contribution in [2.45, 2.75) is 6.42 Å². The van der Waals surface area contributed by atoms with Gasteiger partial charge < -0.3 is 9.15 Å². The van der Waals surface area contributed by atoms with Crippen molar-refractivity contribution in [2.75, 3.05) is 6.61 Å². The largest absolute Gasteiger partial charge is 0.501 e. The van der Waals surface area contributed by atoms with Crippen LogP contribution in [-0.2, 0) is 4.74 Å². The fraction of sp³-hybridized carbons (Fsp3) is 0.250. The summed E-state index contributed by atoms with van der Waals surface area (Å²) >= 11 is 0. The van der Waals surface area contributed by atoms with Crippen LogP contribution in [-0.4, -0.2) is 6.61 Å². The summed E-state index contributed by atoms with van der Waals surface area (Å²) in [5.41, 5.74) is 0. The molecule has 2 heterocycles. The van der Waals surface area contributed by atoms with Gasteiger partial charge in [-0.25, -0.2) is 0 Å². The summed E-state index contributed by atoms with van der Waals surface area (Å²) in [4.78, 5) is 0. The van der Waals surface area contributed by atoms with Crippen molar-refractivity contribution in [3.63, 3.8) is 0 Å². The molecule has 1 aliphatic heterocycles. The molecule has 2 heteroatoms. The first-order valence-corrected chi connectivity index (χ1v) is 3.24. The highest BCUT2D eigenvalue weighted by Crippen LogP contribution is 1.93. The molecule has 0 amide bonds. The van der Waals surface area contributed by atoms with Crippen LogP contribution in [0.3, 0.4) is 0 Å². The SMILES string of the molecule is C1=COCC1.c1ccoc1. The minimum atomic E-state index is 0.889. The Morgan fingerprint density at radius 2 is 1.90 bits per heavy atom. The minimum absolute atomic E-state index is 0.889. The van der Waals surface area contributed by atoms with Crippen LogP contribution in [0.1, 0.15) is 6.42 Å². The van der Waals surface area contributed by atoms with Gasteiger partial charge in [-0.15, -0.1) is 0 Å². The molecule has 0 spiro atoms. The zero-order valence-electron chi connectivity index (χ0n) is 5.69. The topological polar surface area (TPSA) is 22.4 Å². The molecule has 10 heavy (non-hydrogen) atoms. The molecule has 0 bridgehead atoms. The Hall–Kier alpha value is -1.18. The van der Waals surface area contributed by atoms with Gasteiger partial charge in [0.25, 0.3) is 0 Å². The van der Waals surface area contributed by atoms with Crippen LogP contribution < -0.4 is 0 Å². The van der Waals surface area contributed by atoms with Crippen LogP contribution in [0.15, 0.2) is 41.4 Å². The van der Waals surface area contributed by atoms with Crippen LogP contribution in [0.2, 0.25) is 0 Å². The molecule has 2 rings (SSSR count). The number of hydrogen-bond donors (Lipinski definition) is 0. The standard InChI is InChI=1S/C4H6O.C4H4O/c2*1-2-4-5-3-1/h1,3H,2,4H2;1-4H. The van der Waals surface area contributed by atoms with E-state index in [0.717, 1.165) is 13.0 Å². The van der Waals surface area contributed by atoms with Crippen molar-refractivity contribution < 1.29 is 9.15 Å². The molecule has 0 N–H and O–H groups in total. The lowest BCUT2D eigenvalue weighted by atomic mass is 10.5. The maximum atomic E-state index is 4.76. The molecule has 0 aliphatic carbocycles. The Labute approximate surface area is 60.1 Å². The van der Waals surface area contributed by atoms with Gasteiger partial charge in [0.1, 0.15) is 0 Å². The van der Waals surface area contributed by atoms with Crippen molar-refractivity contribution in [2.24, 2.45) is 0 Å². The van der Waals surface area contributed by atoms with Crippen molar-refractivity contribution in [3.05, 3.63) is 37.0 Å². The third-order valence-corrected chi connectivity index (χ3v) is 1.02. The molecule has 0 saturated carbocycles. The Balaban J connectivity index is 0.0000001000. The molecule has 0 aromatic carbocycles. The fourth-order valence-electron chi connectivity index (χ4n) is 0.567. The number of rotatable bonds is 0. The predicted molar refractivity (Wildman–Crippen MR) is 38.4 cm³/mol. The second kappa shape index (κ2) is 4.68. The maximum Gasteiger partial charge on any atom is 0.0908 e. The first-order chi connectivity index (χ1) is 5.00. The summed E-state index contributed by atoms with van der Waals surface area (Å²) in [6.45, 7) is 0.889. The molecule has 1 aliphatic rings. The van der Waals surface area contributed by atoms with Crippen molar-refractivity contribution in [3.8, 4) is 0 Å². The van der Waals surface area contributed by atoms with E-state index >= 15 is 0 Å². The highest BCUT2D eigenvalue weighted by molar-refractivity contribution is 4.79. The molecule has 54 valence electrons. The first-order valence-electron chi connectivity index (χ1n) is 3.24. The predicted octanol–water partition coefficient (Wildman–Crippen LogP) is 2.20. The van der Waals surface area contributed by atoms with Gasteiger partial charge >= 0.3 is 0 Å². The average Bonchev–Trinajstić information content (AvgIpc) is 2.67. The highest BCUT2D eigenvalue weighted by atomic mass is 16.5. The van der Waals surface area contributed by atoms with Crippen molar-refractivity contribution in [1.82, 2.24) is 0 Å². The normalized spacial score (nSPS) is 13.6. The van der Waals surface area contributed by atoms with Gasteiger partial charge in [-0.05, 0) is 18.2 Å². The van der Waals surface area contributed by atoms with Gasteiger partial charge in [-0.3, -0.25) is 0 Å². The molecule has 2 nitrogen and oxygen atoms in total. The lowest BCUT2D eigenvalue weighted by Crippen LogP contribution is -1.70. The highest BCUT2D eigenvalue weighted by Gasteiger charge is 1.83. The van der Waals surface area contributed by atoms with Crippen LogP contribution >= 0.6 is 0 Å². The second-order valence-corrected chi connectivity index (χ2v) is 1.82. The van der Waals surface area contributed by atoms with E-state index < -0.39 is 0 Å². The van der Waals surface area contributed by atoms with E-state index in [-0.39, 0.29) is 0 Å². The molecule has 1 aromatic rings. The third kappa shape index (κ3) is 2.97. The zero-order chi connectivity index (χ0) is 7.07. The summed E-state index contributed by atoms with van der Waals surface area (Å²) in [7, 11) is 0. The van der Waals surface area contributed by atoms with Crippen LogP contribution in [0.25, 0.3) is 0 Å². The van der Waals surface area contributed by atoms with Crippen LogP contribution in [0, 0.1) is 0 Å². The molecular weight excluding hydrogens is 128 g/mol. The van der Waals surface area contributed by atoms with Crippen LogP contribution in [0.5, 0.6) is 0 Å². The van der Waals surface area contributed by atoms with E-state index in [1.54, 1.807) is 18.8 Å². The van der Waals surface area contributed by atoms with Gasteiger partial charge in [0.15, 0.2) is 0 Å².